The number of hydrogen-bond acceptors (Lipinski definition) is 2. The lowest BCUT2D eigenvalue weighted by atomic mass is 10.1. The van der Waals surface area contributed by atoms with E-state index < -0.39 is 5.92 Å². The second-order valence-corrected chi connectivity index (χ2v) is 2.99. The Bertz CT molecular complexity index is 183. The van der Waals surface area contributed by atoms with Crippen LogP contribution in [-0.2, 0) is 0 Å². The lowest BCUT2D eigenvalue weighted by molar-refractivity contribution is 0.743. The maximum Gasteiger partial charge on any atom is 0.133 e. The summed E-state index contributed by atoms with van der Waals surface area (Å²) in [4.78, 5) is 0. The normalized spacial score (nSPS) is 8.40. The van der Waals surface area contributed by atoms with Crippen LogP contribution in [0.3, 0.4) is 0 Å². The molecule has 2 nitrogen and oxygen atoms in total. The summed E-state index contributed by atoms with van der Waals surface area (Å²) in [5, 5.41) is 16.6. The zero-order valence-corrected chi connectivity index (χ0v) is 7.06. The first kappa shape index (κ1) is 9.20. The van der Waals surface area contributed by atoms with E-state index in [0.29, 0.717) is 12.8 Å². The van der Waals surface area contributed by atoms with Crippen molar-refractivity contribution in [1.29, 1.82) is 10.5 Å². The van der Waals surface area contributed by atoms with Gasteiger partial charge < -0.3 is 0 Å². The summed E-state index contributed by atoms with van der Waals surface area (Å²) >= 11 is 3.15. The van der Waals surface area contributed by atoms with Gasteiger partial charge in [-0.3, -0.25) is 0 Å². The van der Waals surface area contributed by atoms with Gasteiger partial charge in [0.1, 0.15) is 5.92 Å². The quantitative estimate of drug-likeness (QED) is 0.700. The average molecular weight is 199 g/mol. The lowest BCUT2D eigenvalue weighted by Gasteiger charge is -1.95. The van der Waals surface area contributed by atoms with Crippen LogP contribution in [0.25, 0.3) is 0 Å². The summed E-state index contributed by atoms with van der Waals surface area (Å²) in [6, 6.07) is 3.77. The van der Waals surface area contributed by atoms with Gasteiger partial charge in [0.25, 0.3) is 0 Å². The summed E-state index contributed by atoms with van der Waals surface area (Å²) in [5.41, 5.74) is 0. The Morgan fingerprint density at radius 3 is 2.30 bits per heavy atom. The van der Waals surface area contributed by atoms with Crippen molar-refractivity contribution in [3.05, 3.63) is 11.1 Å². The van der Waals surface area contributed by atoms with Gasteiger partial charge in [-0.15, -0.1) is 0 Å². The molecular weight excluding hydrogens is 192 g/mol. The highest BCUT2D eigenvalue weighted by Crippen LogP contribution is 2.13. The highest BCUT2D eigenvalue weighted by Gasteiger charge is 2.03. The van der Waals surface area contributed by atoms with Crippen LogP contribution in [0.5, 0.6) is 0 Å². The monoisotopic (exact) mass is 198 g/mol. The molecule has 0 aromatic heterocycles. The SMILES string of the molecule is C=C(Br)CCC(C#N)C#N. The molecule has 0 fully saturated rings. The Balaban J connectivity index is 3.61. The molecule has 0 spiro atoms. The molecule has 0 aromatic rings. The Morgan fingerprint density at radius 2 is 2.00 bits per heavy atom. The standard InChI is InChI=1S/C7H7BrN2/c1-6(8)2-3-7(4-9)5-10/h7H,1-3H2. The van der Waals surface area contributed by atoms with E-state index in [1.807, 2.05) is 12.1 Å². The van der Waals surface area contributed by atoms with E-state index >= 15 is 0 Å². The van der Waals surface area contributed by atoms with Crippen molar-refractivity contribution >= 4 is 15.9 Å². The van der Waals surface area contributed by atoms with Crippen LogP contribution in [0.2, 0.25) is 0 Å². The first-order valence-electron chi connectivity index (χ1n) is 2.83. The summed E-state index contributed by atoms with van der Waals surface area (Å²) in [6.45, 7) is 3.59. The molecule has 0 unspecified atom stereocenters. The number of nitriles is 2. The zero-order valence-electron chi connectivity index (χ0n) is 5.47. The van der Waals surface area contributed by atoms with Crippen LogP contribution in [0.4, 0.5) is 0 Å². The van der Waals surface area contributed by atoms with Crippen molar-refractivity contribution in [3.63, 3.8) is 0 Å². The Morgan fingerprint density at radius 1 is 1.50 bits per heavy atom. The van der Waals surface area contributed by atoms with Crippen LogP contribution in [0.1, 0.15) is 12.8 Å². The Hall–Kier alpha value is -0.800. The largest absolute Gasteiger partial charge is 0.197 e. The molecule has 0 aliphatic carbocycles. The van der Waals surface area contributed by atoms with Crippen molar-refractivity contribution in [3.8, 4) is 12.1 Å². The minimum atomic E-state index is -0.491. The van der Waals surface area contributed by atoms with Crippen LogP contribution in [-0.4, -0.2) is 0 Å². The molecule has 0 heterocycles. The van der Waals surface area contributed by atoms with Crippen LogP contribution >= 0.6 is 15.9 Å². The number of halogens is 1. The molecule has 0 amide bonds. The van der Waals surface area contributed by atoms with Crippen molar-refractivity contribution in [2.24, 2.45) is 5.92 Å². The maximum atomic E-state index is 8.32. The van der Waals surface area contributed by atoms with E-state index in [1.54, 1.807) is 0 Å². The molecule has 0 atom stereocenters. The van der Waals surface area contributed by atoms with Crippen LogP contribution < -0.4 is 0 Å². The van der Waals surface area contributed by atoms with E-state index in [-0.39, 0.29) is 0 Å². The number of allylic oxidation sites excluding steroid dienone is 1. The molecular formula is C7H7BrN2. The van der Waals surface area contributed by atoms with Gasteiger partial charge in [-0.25, -0.2) is 0 Å². The van der Waals surface area contributed by atoms with Crippen LogP contribution in [0.15, 0.2) is 11.1 Å². The molecule has 0 saturated carbocycles. The van der Waals surface area contributed by atoms with E-state index in [4.69, 9.17) is 10.5 Å². The molecule has 3 heteroatoms. The lowest BCUT2D eigenvalue weighted by Crippen LogP contribution is -1.91. The topological polar surface area (TPSA) is 47.6 Å². The molecule has 0 saturated heterocycles. The molecule has 0 radical (unpaired) electrons. The summed E-state index contributed by atoms with van der Waals surface area (Å²) in [6.07, 6.45) is 1.25. The summed E-state index contributed by atoms with van der Waals surface area (Å²) in [7, 11) is 0. The van der Waals surface area contributed by atoms with Crippen molar-refractivity contribution < 1.29 is 0 Å². The first-order chi connectivity index (χ1) is 4.70. The first-order valence-corrected chi connectivity index (χ1v) is 3.62. The van der Waals surface area contributed by atoms with Gasteiger partial charge in [0.2, 0.25) is 0 Å². The van der Waals surface area contributed by atoms with Gasteiger partial charge in [-0.1, -0.05) is 22.5 Å². The highest BCUT2D eigenvalue weighted by atomic mass is 79.9. The second-order valence-electron chi connectivity index (χ2n) is 1.87. The van der Waals surface area contributed by atoms with Gasteiger partial charge in [-0.2, -0.15) is 10.5 Å². The third-order valence-corrected chi connectivity index (χ3v) is 1.41. The summed E-state index contributed by atoms with van der Waals surface area (Å²) in [5.74, 6) is -0.491. The fraction of sp³-hybridized carbons (Fsp3) is 0.429. The fourth-order valence-electron chi connectivity index (χ4n) is 0.459. The predicted molar refractivity (Wildman–Crippen MR) is 42.0 cm³/mol. The summed E-state index contributed by atoms with van der Waals surface area (Å²) < 4.78 is 0.836. The second kappa shape index (κ2) is 5.02. The molecule has 10 heavy (non-hydrogen) atoms. The molecule has 0 aliphatic heterocycles. The van der Waals surface area contributed by atoms with Gasteiger partial charge in [0.05, 0.1) is 12.1 Å². The average Bonchev–Trinajstić information content (AvgIpc) is 1.90. The Labute approximate surface area is 68.9 Å². The zero-order chi connectivity index (χ0) is 7.98. The van der Waals surface area contributed by atoms with Crippen molar-refractivity contribution in [1.82, 2.24) is 0 Å². The molecule has 0 N–H and O–H groups in total. The van der Waals surface area contributed by atoms with Crippen molar-refractivity contribution in [2.45, 2.75) is 12.8 Å². The van der Waals surface area contributed by atoms with E-state index in [1.165, 1.54) is 0 Å². The number of nitrogens with zero attached hydrogens (tertiary/aromatic N) is 2. The van der Waals surface area contributed by atoms with Gasteiger partial charge in [0.15, 0.2) is 0 Å². The smallest absolute Gasteiger partial charge is 0.133 e. The fourth-order valence-corrected chi connectivity index (χ4v) is 0.688. The van der Waals surface area contributed by atoms with Gasteiger partial charge in [-0.05, 0) is 17.3 Å². The van der Waals surface area contributed by atoms with Crippen LogP contribution in [0, 0.1) is 28.6 Å². The molecule has 0 bridgehead atoms. The highest BCUT2D eigenvalue weighted by molar-refractivity contribution is 9.11. The number of rotatable bonds is 3. The van der Waals surface area contributed by atoms with E-state index in [9.17, 15) is 0 Å². The van der Waals surface area contributed by atoms with Gasteiger partial charge >= 0.3 is 0 Å². The van der Waals surface area contributed by atoms with Gasteiger partial charge in [0, 0.05) is 0 Å². The maximum absolute atomic E-state index is 8.32. The third kappa shape index (κ3) is 4.12. The molecule has 0 aliphatic rings. The number of hydrogen-bond donors (Lipinski definition) is 0. The minimum Gasteiger partial charge on any atom is -0.197 e. The van der Waals surface area contributed by atoms with E-state index in [0.717, 1.165) is 4.48 Å². The van der Waals surface area contributed by atoms with Crippen molar-refractivity contribution in [2.75, 3.05) is 0 Å². The third-order valence-electron chi connectivity index (χ3n) is 1.02. The van der Waals surface area contributed by atoms with E-state index in [2.05, 4.69) is 22.5 Å². The molecule has 0 aromatic carbocycles. The predicted octanol–water partition coefficient (Wildman–Crippen LogP) is 2.34. The minimum absolute atomic E-state index is 0.491. The molecule has 52 valence electrons. The molecule has 0 rings (SSSR count). The Kier molecular flexibility index (Phi) is 4.62.